The summed E-state index contributed by atoms with van der Waals surface area (Å²) in [6.45, 7) is 3.54. The number of esters is 1. The molecule has 1 aliphatic heterocycles. The van der Waals surface area contributed by atoms with Gasteiger partial charge in [0.1, 0.15) is 5.75 Å². The van der Waals surface area contributed by atoms with Crippen molar-refractivity contribution in [2.75, 3.05) is 25.4 Å². The van der Waals surface area contributed by atoms with Gasteiger partial charge in [-0.2, -0.15) is 0 Å². The minimum absolute atomic E-state index is 0.365. The number of nitrogens with zero attached hydrogens (tertiary/aromatic N) is 1. The predicted molar refractivity (Wildman–Crippen MR) is 96.2 cm³/mol. The molecule has 0 saturated carbocycles. The van der Waals surface area contributed by atoms with Crippen LogP contribution in [-0.4, -0.2) is 30.5 Å². The zero-order valence-electron chi connectivity index (χ0n) is 13.9. The van der Waals surface area contributed by atoms with E-state index in [2.05, 4.69) is 4.90 Å². The second-order valence-corrected chi connectivity index (χ2v) is 6.31. The summed E-state index contributed by atoms with van der Waals surface area (Å²) in [4.78, 5) is 14.6. The van der Waals surface area contributed by atoms with Crippen LogP contribution in [0.25, 0.3) is 0 Å². The summed E-state index contributed by atoms with van der Waals surface area (Å²) in [7, 11) is 0. The minimum atomic E-state index is -0.365. The van der Waals surface area contributed by atoms with Gasteiger partial charge in [-0.3, -0.25) is 0 Å². The van der Waals surface area contributed by atoms with Crippen LogP contribution in [0.5, 0.6) is 5.75 Å². The molecule has 0 spiro atoms. The average Bonchev–Trinajstić information content (AvgIpc) is 2.62. The van der Waals surface area contributed by atoms with E-state index in [9.17, 15) is 4.79 Å². The summed E-state index contributed by atoms with van der Waals surface area (Å²) in [5, 5.41) is 0. The quantitative estimate of drug-likeness (QED) is 0.519. The molecule has 4 nitrogen and oxygen atoms in total. The zero-order chi connectivity index (χ0) is 16.8. The standard InChI is InChI=1S/C20H24N2O2/c21-18-8-6-17(7-9-18)20(23)24-19-10-4-16(5-11-19)12-15-22-13-2-1-3-14-22/h4-11H,1-3,12-15,21H2. The molecule has 1 saturated heterocycles. The number of rotatable bonds is 5. The molecule has 24 heavy (non-hydrogen) atoms. The Hall–Kier alpha value is -2.33. The summed E-state index contributed by atoms with van der Waals surface area (Å²) >= 11 is 0. The fraction of sp³-hybridized carbons (Fsp3) is 0.350. The lowest BCUT2D eigenvalue weighted by molar-refractivity contribution is 0.0735. The molecule has 1 aliphatic rings. The number of nitrogens with two attached hydrogens (primary N) is 1. The van der Waals surface area contributed by atoms with Crippen LogP contribution < -0.4 is 10.5 Å². The Morgan fingerprint density at radius 3 is 2.29 bits per heavy atom. The van der Waals surface area contributed by atoms with Crippen LogP contribution in [0, 0.1) is 0 Å². The van der Waals surface area contributed by atoms with Crippen LogP contribution in [0.2, 0.25) is 0 Å². The van der Waals surface area contributed by atoms with Crippen molar-refractivity contribution in [2.24, 2.45) is 0 Å². The van der Waals surface area contributed by atoms with Crippen molar-refractivity contribution in [3.63, 3.8) is 0 Å². The number of hydrogen-bond donors (Lipinski definition) is 1. The van der Waals surface area contributed by atoms with Crippen LogP contribution in [-0.2, 0) is 6.42 Å². The molecule has 1 heterocycles. The Bertz CT molecular complexity index is 659. The number of hydrogen-bond acceptors (Lipinski definition) is 4. The van der Waals surface area contributed by atoms with Crippen molar-refractivity contribution < 1.29 is 9.53 Å². The Morgan fingerprint density at radius 2 is 1.62 bits per heavy atom. The van der Waals surface area contributed by atoms with Crippen LogP contribution in [0.1, 0.15) is 35.2 Å². The SMILES string of the molecule is Nc1ccc(C(=O)Oc2ccc(CCN3CCCCC3)cc2)cc1. The van der Waals surface area contributed by atoms with Gasteiger partial charge in [-0.1, -0.05) is 18.6 Å². The summed E-state index contributed by atoms with van der Waals surface area (Å²) in [6, 6.07) is 14.5. The Kier molecular flexibility index (Phi) is 5.49. The molecule has 0 aliphatic carbocycles. The smallest absolute Gasteiger partial charge is 0.343 e. The first-order valence-electron chi connectivity index (χ1n) is 8.60. The van der Waals surface area contributed by atoms with E-state index in [1.54, 1.807) is 24.3 Å². The molecule has 0 unspecified atom stereocenters. The van der Waals surface area contributed by atoms with Gasteiger partial charge in [0.05, 0.1) is 5.56 Å². The number of ether oxygens (including phenoxy) is 1. The van der Waals surface area contributed by atoms with E-state index < -0.39 is 0 Å². The minimum Gasteiger partial charge on any atom is -0.423 e. The highest BCUT2D eigenvalue weighted by Gasteiger charge is 2.10. The molecule has 0 aromatic heterocycles. The van der Waals surface area contributed by atoms with Gasteiger partial charge in [-0.15, -0.1) is 0 Å². The molecule has 2 aromatic carbocycles. The molecule has 1 fully saturated rings. The average molecular weight is 324 g/mol. The molecule has 0 bridgehead atoms. The molecule has 0 radical (unpaired) electrons. The normalized spacial score (nSPS) is 15.2. The highest BCUT2D eigenvalue weighted by molar-refractivity contribution is 5.91. The third-order valence-electron chi connectivity index (χ3n) is 4.45. The Balaban J connectivity index is 1.52. The maximum atomic E-state index is 12.1. The highest BCUT2D eigenvalue weighted by Crippen LogP contribution is 2.16. The van der Waals surface area contributed by atoms with E-state index in [0.29, 0.717) is 17.0 Å². The number of nitrogen functional groups attached to an aromatic ring is 1. The number of benzene rings is 2. The summed E-state index contributed by atoms with van der Waals surface area (Å²) < 4.78 is 5.40. The van der Waals surface area contributed by atoms with Gasteiger partial charge in [0.25, 0.3) is 0 Å². The second-order valence-electron chi connectivity index (χ2n) is 6.31. The molecule has 0 amide bonds. The fourth-order valence-corrected chi connectivity index (χ4v) is 2.98. The fourth-order valence-electron chi connectivity index (χ4n) is 2.98. The van der Waals surface area contributed by atoms with Crippen molar-refractivity contribution in [3.8, 4) is 5.75 Å². The largest absolute Gasteiger partial charge is 0.423 e. The lowest BCUT2D eigenvalue weighted by Crippen LogP contribution is -2.31. The molecule has 0 atom stereocenters. The van der Waals surface area contributed by atoms with Gasteiger partial charge >= 0.3 is 5.97 Å². The molecule has 126 valence electrons. The first-order valence-corrected chi connectivity index (χ1v) is 8.60. The Morgan fingerprint density at radius 1 is 0.958 bits per heavy atom. The lowest BCUT2D eigenvalue weighted by Gasteiger charge is -2.26. The van der Waals surface area contributed by atoms with Crippen LogP contribution in [0.4, 0.5) is 5.69 Å². The van der Waals surface area contributed by atoms with Gasteiger partial charge in [0.15, 0.2) is 0 Å². The van der Waals surface area contributed by atoms with Gasteiger partial charge < -0.3 is 15.4 Å². The Labute approximate surface area is 143 Å². The number of anilines is 1. The molecular weight excluding hydrogens is 300 g/mol. The van der Waals surface area contributed by atoms with Crippen molar-refractivity contribution in [3.05, 3.63) is 59.7 Å². The maximum Gasteiger partial charge on any atom is 0.343 e. The summed E-state index contributed by atoms with van der Waals surface area (Å²) in [6.07, 6.45) is 5.04. The van der Waals surface area contributed by atoms with Gasteiger partial charge in [-0.05, 0) is 74.3 Å². The molecule has 2 N–H and O–H groups in total. The van der Waals surface area contributed by atoms with E-state index in [0.717, 1.165) is 13.0 Å². The van der Waals surface area contributed by atoms with Crippen molar-refractivity contribution >= 4 is 11.7 Å². The van der Waals surface area contributed by atoms with E-state index in [1.165, 1.54) is 37.9 Å². The van der Waals surface area contributed by atoms with E-state index in [1.807, 2.05) is 24.3 Å². The summed E-state index contributed by atoms with van der Waals surface area (Å²) in [5.74, 6) is 0.203. The molecule has 2 aromatic rings. The van der Waals surface area contributed by atoms with Crippen molar-refractivity contribution in [1.82, 2.24) is 4.90 Å². The molecule has 4 heteroatoms. The third kappa shape index (κ3) is 4.59. The second kappa shape index (κ2) is 7.97. The number of carbonyl (C=O) groups excluding carboxylic acids is 1. The first-order chi connectivity index (χ1) is 11.7. The van der Waals surface area contributed by atoms with Crippen molar-refractivity contribution in [1.29, 1.82) is 0 Å². The predicted octanol–water partition coefficient (Wildman–Crippen LogP) is 3.52. The maximum absolute atomic E-state index is 12.1. The van der Waals surface area contributed by atoms with E-state index >= 15 is 0 Å². The van der Waals surface area contributed by atoms with Crippen LogP contribution >= 0.6 is 0 Å². The van der Waals surface area contributed by atoms with Crippen molar-refractivity contribution in [2.45, 2.75) is 25.7 Å². The lowest BCUT2D eigenvalue weighted by atomic mass is 10.1. The van der Waals surface area contributed by atoms with Crippen LogP contribution in [0.3, 0.4) is 0 Å². The number of carbonyl (C=O) groups is 1. The van der Waals surface area contributed by atoms with Gasteiger partial charge in [-0.25, -0.2) is 4.79 Å². The summed E-state index contributed by atoms with van der Waals surface area (Å²) in [5.41, 5.74) is 8.02. The van der Waals surface area contributed by atoms with Gasteiger partial charge in [0, 0.05) is 12.2 Å². The monoisotopic (exact) mass is 324 g/mol. The first kappa shape index (κ1) is 16.5. The van der Waals surface area contributed by atoms with Gasteiger partial charge in [0.2, 0.25) is 0 Å². The molecule has 3 rings (SSSR count). The third-order valence-corrected chi connectivity index (χ3v) is 4.45. The van der Waals surface area contributed by atoms with E-state index in [4.69, 9.17) is 10.5 Å². The molecular formula is C20H24N2O2. The zero-order valence-corrected chi connectivity index (χ0v) is 13.9. The number of piperidine rings is 1. The number of likely N-dealkylation sites (tertiary alicyclic amines) is 1. The van der Waals surface area contributed by atoms with Crippen LogP contribution in [0.15, 0.2) is 48.5 Å². The topological polar surface area (TPSA) is 55.6 Å². The van der Waals surface area contributed by atoms with E-state index in [-0.39, 0.29) is 5.97 Å². The highest BCUT2D eigenvalue weighted by atomic mass is 16.5.